The van der Waals surface area contributed by atoms with Gasteiger partial charge in [-0.1, -0.05) is 0 Å². The molecule has 0 rings (SSSR count). The van der Waals surface area contributed by atoms with Gasteiger partial charge < -0.3 is 70.1 Å². The smallest absolute Gasteiger partial charge is 1.00 e. The summed E-state index contributed by atoms with van der Waals surface area (Å²) in [6, 6.07) is 0. The van der Waals surface area contributed by atoms with Crippen LogP contribution in [-0.4, -0.2) is 32.9 Å². The molecule has 0 bridgehead atoms. The molecule has 0 aliphatic carbocycles. The minimum Gasteiger partial charge on any atom is -1.00 e. The summed E-state index contributed by atoms with van der Waals surface area (Å²) in [5, 5.41) is 0. The first-order valence-corrected chi connectivity index (χ1v) is 0. The Kier molecular flexibility index (Phi) is 23700. The van der Waals surface area contributed by atoms with Crippen LogP contribution in [0.5, 0.6) is 0 Å². The van der Waals surface area contributed by atoms with Gasteiger partial charge >= 0.3 is 25.8 Å². The Labute approximate surface area is 95.6 Å². The number of rotatable bonds is 0. The molecule has 0 aromatic carbocycles. The summed E-state index contributed by atoms with van der Waals surface area (Å²) >= 11 is 0. The first-order valence-electron chi connectivity index (χ1n) is 0. The van der Waals surface area contributed by atoms with E-state index in [-0.39, 0.29) is 95.9 Å². The maximum atomic E-state index is 0. The first kappa shape index (κ1) is 563. The SMILES string of the molecule is O.O.O.O.O.O.[Cl-].[Cl-].[Cl-].[Sc+3]. The minimum absolute atomic E-state index is 0. The van der Waals surface area contributed by atoms with Crippen LogP contribution >= 0.6 is 0 Å². The van der Waals surface area contributed by atoms with Crippen molar-refractivity contribution in [1.29, 1.82) is 0 Å². The zero-order chi connectivity index (χ0) is 0. The maximum absolute atomic E-state index is 0. The molecule has 10 heteroatoms. The second-order valence-electron chi connectivity index (χ2n) is 0. The zero-order valence-electron chi connectivity index (χ0n) is 4.71. The normalized spacial score (nSPS) is 0. The maximum Gasteiger partial charge on any atom is 3.00 e. The number of halogens is 3. The van der Waals surface area contributed by atoms with Crippen LogP contribution in [0.3, 0.4) is 0 Å². The summed E-state index contributed by atoms with van der Waals surface area (Å²) in [7, 11) is 0. The predicted octanol–water partition coefficient (Wildman–Crippen LogP) is -13.9. The van der Waals surface area contributed by atoms with Crippen LogP contribution in [0.25, 0.3) is 0 Å². The van der Waals surface area contributed by atoms with Gasteiger partial charge in [0.1, 0.15) is 0 Å². The third-order valence-corrected chi connectivity index (χ3v) is 0. The van der Waals surface area contributed by atoms with Crippen molar-refractivity contribution in [3.05, 3.63) is 0 Å². The molecule has 0 heterocycles. The second-order valence-corrected chi connectivity index (χ2v) is 0. The molecule has 0 radical (unpaired) electrons. The quantitative estimate of drug-likeness (QED) is 0.399. The predicted molar refractivity (Wildman–Crippen MR) is 21.7 cm³/mol. The van der Waals surface area contributed by atoms with Gasteiger partial charge in [0.25, 0.3) is 0 Å². The van der Waals surface area contributed by atoms with Crippen LogP contribution in [0.1, 0.15) is 0 Å². The van der Waals surface area contributed by atoms with E-state index >= 15 is 0 Å². The molecule has 0 spiro atoms. The Hall–Kier alpha value is 1.50. The van der Waals surface area contributed by atoms with E-state index in [1.807, 2.05) is 0 Å². The van der Waals surface area contributed by atoms with Crippen LogP contribution in [0.15, 0.2) is 0 Å². The summed E-state index contributed by atoms with van der Waals surface area (Å²) in [5.41, 5.74) is 0. The molecule has 0 aromatic rings. The summed E-state index contributed by atoms with van der Waals surface area (Å²) in [4.78, 5) is 0. The molecule has 0 amide bonds. The fourth-order valence-corrected chi connectivity index (χ4v) is 0. The van der Waals surface area contributed by atoms with Gasteiger partial charge in [-0.2, -0.15) is 0 Å². The Morgan fingerprint density at radius 1 is 0.300 bits per heavy atom. The zero-order valence-corrected chi connectivity index (χ0v) is 8.78. The monoisotopic (exact) mass is 258 g/mol. The summed E-state index contributed by atoms with van der Waals surface area (Å²) < 4.78 is 0. The third-order valence-electron chi connectivity index (χ3n) is 0. The van der Waals surface area contributed by atoms with E-state index in [2.05, 4.69) is 0 Å². The van der Waals surface area contributed by atoms with Crippen LogP contribution in [0, 0.1) is 0 Å². The fraction of sp³-hybridized carbons (Fsp3) is 0. The van der Waals surface area contributed by atoms with E-state index in [1.165, 1.54) is 0 Å². The Bertz CT molecular complexity index is 13.0. The molecule has 0 saturated carbocycles. The largest absolute Gasteiger partial charge is 3.00 e. The van der Waals surface area contributed by atoms with Crippen molar-refractivity contribution in [2.24, 2.45) is 0 Å². The molecule has 0 unspecified atom stereocenters. The Morgan fingerprint density at radius 2 is 0.300 bits per heavy atom. The molecule has 0 fully saturated rings. The molecule has 0 saturated heterocycles. The van der Waals surface area contributed by atoms with Gasteiger partial charge in [-0.05, 0) is 0 Å². The third kappa shape index (κ3) is 305. The van der Waals surface area contributed by atoms with Gasteiger partial charge in [-0.15, -0.1) is 0 Å². The van der Waals surface area contributed by atoms with Crippen molar-refractivity contribution in [3.63, 3.8) is 0 Å². The van der Waals surface area contributed by atoms with Crippen molar-refractivity contribution in [2.45, 2.75) is 0 Å². The number of hydrogen-bond acceptors (Lipinski definition) is 0. The molecule has 12 N–H and O–H groups in total. The molecule has 0 aliphatic heterocycles. The van der Waals surface area contributed by atoms with Gasteiger partial charge in [0.2, 0.25) is 0 Å². The van der Waals surface area contributed by atoms with E-state index in [9.17, 15) is 0 Å². The molecule has 10 heavy (non-hydrogen) atoms. The average Bonchev–Trinajstić information content (AvgIpc) is 0. The van der Waals surface area contributed by atoms with Gasteiger partial charge in [-0.25, -0.2) is 0 Å². The fourth-order valence-electron chi connectivity index (χ4n) is 0. The summed E-state index contributed by atoms with van der Waals surface area (Å²) in [6.07, 6.45) is 0. The van der Waals surface area contributed by atoms with Crippen molar-refractivity contribution in [2.75, 3.05) is 0 Å². The van der Waals surface area contributed by atoms with E-state index < -0.39 is 0 Å². The molecular weight excluding hydrogens is 247 g/mol. The molecule has 0 atom stereocenters. The Balaban J connectivity index is 0. The van der Waals surface area contributed by atoms with Crippen molar-refractivity contribution >= 4 is 0 Å². The first-order chi connectivity index (χ1) is 0. The van der Waals surface area contributed by atoms with Gasteiger partial charge in [0.15, 0.2) is 0 Å². The Morgan fingerprint density at radius 3 is 0.300 bits per heavy atom. The van der Waals surface area contributed by atoms with E-state index in [1.54, 1.807) is 0 Å². The van der Waals surface area contributed by atoms with Crippen LogP contribution in [0.4, 0.5) is 0 Å². The summed E-state index contributed by atoms with van der Waals surface area (Å²) in [6.45, 7) is 0. The topological polar surface area (TPSA) is 189 Å². The number of hydrogen-bond donors (Lipinski definition) is 0. The van der Waals surface area contributed by atoms with Crippen molar-refractivity contribution in [3.8, 4) is 0 Å². The molecule has 0 aromatic heterocycles. The van der Waals surface area contributed by atoms with E-state index in [0.29, 0.717) is 0 Å². The van der Waals surface area contributed by atoms with Gasteiger partial charge in [-0.3, -0.25) is 0 Å². The second kappa shape index (κ2) is 421. The average molecular weight is 259 g/mol. The standard InChI is InChI=1S/3ClH.6H2O.Sc/h3*1H;6*1H2;/q;;;;;;;;;+3/p-3. The van der Waals surface area contributed by atoms with E-state index in [0.717, 1.165) is 0 Å². The van der Waals surface area contributed by atoms with Gasteiger partial charge in [0, 0.05) is 0 Å². The van der Waals surface area contributed by atoms with E-state index in [4.69, 9.17) is 0 Å². The molecule has 0 aliphatic rings. The molecule has 6 nitrogen and oxygen atoms in total. The molecule has 72 valence electrons. The molecular formula is H12Cl3O6Sc. The van der Waals surface area contributed by atoms with Crippen LogP contribution in [0.2, 0.25) is 0 Å². The van der Waals surface area contributed by atoms with Crippen molar-refractivity contribution in [1.82, 2.24) is 0 Å². The minimum atomic E-state index is 0. The van der Waals surface area contributed by atoms with Gasteiger partial charge in [0.05, 0.1) is 0 Å². The van der Waals surface area contributed by atoms with Crippen LogP contribution in [-0.2, 0) is 25.8 Å². The summed E-state index contributed by atoms with van der Waals surface area (Å²) in [5.74, 6) is 0. The van der Waals surface area contributed by atoms with Crippen molar-refractivity contribution < 1.29 is 95.9 Å². The van der Waals surface area contributed by atoms with Crippen LogP contribution < -0.4 is 37.2 Å².